The molecule has 6 heteroatoms. The van der Waals surface area contributed by atoms with Gasteiger partial charge in [-0.15, -0.1) is 0 Å². The highest BCUT2D eigenvalue weighted by Crippen LogP contribution is 2.40. The Balaban J connectivity index is 1.88. The molecule has 2 rings (SSSR count). The number of amides is 1. The Hall–Kier alpha value is -1.40. The number of hydrogen-bond acceptors (Lipinski definition) is 5. The van der Waals surface area contributed by atoms with Gasteiger partial charge in [0.15, 0.2) is 0 Å². The average molecular weight is 408 g/mol. The van der Waals surface area contributed by atoms with Crippen molar-refractivity contribution < 1.29 is 14.3 Å². The van der Waals surface area contributed by atoms with Crippen molar-refractivity contribution in [2.75, 3.05) is 45.8 Å². The highest BCUT2D eigenvalue weighted by molar-refractivity contribution is 6.07. The van der Waals surface area contributed by atoms with Gasteiger partial charge >= 0.3 is 5.97 Å². The van der Waals surface area contributed by atoms with E-state index in [9.17, 15) is 9.59 Å². The number of likely N-dealkylation sites (tertiary alicyclic amines) is 1. The van der Waals surface area contributed by atoms with Crippen molar-refractivity contribution in [3.8, 4) is 0 Å². The van der Waals surface area contributed by atoms with E-state index in [4.69, 9.17) is 4.74 Å². The van der Waals surface area contributed by atoms with Crippen molar-refractivity contribution in [3.05, 3.63) is 11.1 Å². The van der Waals surface area contributed by atoms with E-state index in [1.54, 1.807) is 6.92 Å². The van der Waals surface area contributed by atoms with Crippen molar-refractivity contribution in [3.63, 3.8) is 0 Å². The van der Waals surface area contributed by atoms with Crippen LogP contribution >= 0.6 is 0 Å². The maximum absolute atomic E-state index is 13.0. The molecule has 6 nitrogen and oxygen atoms in total. The van der Waals surface area contributed by atoms with E-state index in [0.29, 0.717) is 30.5 Å². The van der Waals surface area contributed by atoms with Crippen LogP contribution in [0.15, 0.2) is 11.1 Å². The third-order valence-corrected chi connectivity index (χ3v) is 6.36. The van der Waals surface area contributed by atoms with Crippen molar-refractivity contribution in [1.82, 2.24) is 15.1 Å². The molecule has 1 saturated heterocycles. The SMILES string of the molecule is CCCCN(CCCC)CCCNC(=O)C1=C(C)C(=O)OC12CCN(CC)CC2. The lowest BCUT2D eigenvalue weighted by Crippen LogP contribution is -2.48. The summed E-state index contributed by atoms with van der Waals surface area (Å²) in [6, 6.07) is 0. The number of ether oxygens (including phenoxy) is 1. The predicted molar refractivity (Wildman–Crippen MR) is 117 cm³/mol. The highest BCUT2D eigenvalue weighted by atomic mass is 16.6. The van der Waals surface area contributed by atoms with E-state index in [2.05, 4.69) is 35.9 Å². The zero-order chi connectivity index (χ0) is 21.3. The standard InChI is InChI=1S/C23H41N3O3/c1-5-8-14-26(15-9-6-2)16-10-13-24-21(27)20-19(4)22(28)29-23(20)11-17-25(7-3)18-12-23/h5-18H2,1-4H3,(H,24,27). The lowest BCUT2D eigenvalue weighted by Gasteiger charge is -2.39. The molecule has 0 aliphatic carbocycles. The van der Waals surface area contributed by atoms with Gasteiger partial charge in [0.05, 0.1) is 5.57 Å². The number of esters is 1. The van der Waals surface area contributed by atoms with Crippen molar-refractivity contribution in [2.45, 2.75) is 78.2 Å². The number of piperidine rings is 1. The summed E-state index contributed by atoms with van der Waals surface area (Å²) in [5.74, 6) is -0.447. The summed E-state index contributed by atoms with van der Waals surface area (Å²) < 4.78 is 5.75. The third kappa shape index (κ3) is 6.29. The average Bonchev–Trinajstić information content (AvgIpc) is 2.96. The van der Waals surface area contributed by atoms with E-state index in [0.717, 1.165) is 45.7 Å². The molecule has 0 bridgehead atoms. The number of nitrogens with one attached hydrogen (secondary N) is 1. The van der Waals surface area contributed by atoms with Gasteiger partial charge in [-0.1, -0.05) is 33.6 Å². The molecule has 1 amide bonds. The van der Waals surface area contributed by atoms with Crippen molar-refractivity contribution in [1.29, 1.82) is 0 Å². The van der Waals surface area contributed by atoms with E-state index < -0.39 is 5.60 Å². The molecule has 29 heavy (non-hydrogen) atoms. The largest absolute Gasteiger partial charge is 0.450 e. The van der Waals surface area contributed by atoms with Gasteiger partial charge in [-0.25, -0.2) is 4.79 Å². The number of unbranched alkanes of at least 4 members (excludes halogenated alkanes) is 2. The smallest absolute Gasteiger partial charge is 0.335 e. The van der Waals surface area contributed by atoms with E-state index in [1.165, 1.54) is 25.7 Å². The number of carbonyl (C=O) groups is 2. The van der Waals surface area contributed by atoms with Gasteiger partial charge in [-0.2, -0.15) is 0 Å². The van der Waals surface area contributed by atoms with Crippen LogP contribution in [0.2, 0.25) is 0 Å². The number of nitrogens with zero attached hydrogens (tertiary/aromatic N) is 2. The normalized spacial score (nSPS) is 19.3. The minimum absolute atomic E-state index is 0.119. The Morgan fingerprint density at radius 1 is 1.07 bits per heavy atom. The number of hydrogen-bond donors (Lipinski definition) is 1. The first-order chi connectivity index (χ1) is 14.0. The first-order valence-electron chi connectivity index (χ1n) is 11.6. The van der Waals surface area contributed by atoms with Gasteiger partial charge in [0.2, 0.25) is 0 Å². The molecule has 0 unspecified atom stereocenters. The third-order valence-electron chi connectivity index (χ3n) is 6.36. The molecular weight excluding hydrogens is 366 g/mol. The molecule has 2 aliphatic heterocycles. The monoisotopic (exact) mass is 407 g/mol. The fourth-order valence-electron chi connectivity index (χ4n) is 4.40. The molecule has 0 aromatic rings. The summed E-state index contributed by atoms with van der Waals surface area (Å²) in [4.78, 5) is 30.1. The fraction of sp³-hybridized carbons (Fsp3) is 0.826. The lowest BCUT2D eigenvalue weighted by molar-refractivity contribution is -0.150. The second-order valence-electron chi connectivity index (χ2n) is 8.48. The second-order valence-corrected chi connectivity index (χ2v) is 8.48. The van der Waals surface area contributed by atoms with Gasteiger partial charge in [0.1, 0.15) is 5.60 Å². The summed E-state index contributed by atoms with van der Waals surface area (Å²) in [6.07, 6.45) is 7.19. The summed E-state index contributed by atoms with van der Waals surface area (Å²) in [5, 5.41) is 3.07. The van der Waals surface area contributed by atoms with Crippen molar-refractivity contribution in [2.24, 2.45) is 0 Å². The molecule has 166 valence electrons. The molecule has 0 atom stereocenters. The molecule has 2 heterocycles. The summed E-state index contributed by atoms with van der Waals surface area (Å²) in [5.41, 5.74) is 0.345. The minimum atomic E-state index is -0.717. The quantitative estimate of drug-likeness (QED) is 0.398. The number of rotatable bonds is 12. The first kappa shape index (κ1) is 23.9. The molecule has 0 aromatic heterocycles. The van der Waals surface area contributed by atoms with Crippen LogP contribution < -0.4 is 5.32 Å². The van der Waals surface area contributed by atoms with E-state index >= 15 is 0 Å². The van der Waals surface area contributed by atoms with E-state index in [1.807, 2.05) is 0 Å². The topological polar surface area (TPSA) is 61.9 Å². The van der Waals surface area contributed by atoms with Crippen molar-refractivity contribution >= 4 is 11.9 Å². The molecule has 2 aliphatic rings. The molecule has 0 saturated carbocycles. The lowest BCUT2D eigenvalue weighted by atomic mass is 9.82. The van der Waals surface area contributed by atoms with Crippen LogP contribution in [0.5, 0.6) is 0 Å². The van der Waals surface area contributed by atoms with Crippen LogP contribution in [0.1, 0.15) is 72.6 Å². The Bertz CT molecular complexity index is 572. The summed E-state index contributed by atoms with van der Waals surface area (Å²) >= 11 is 0. The summed E-state index contributed by atoms with van der Waals surface area (Å²) in [6.45, 7) is 14.9. The molecular formula is C23H41N3O3. The maximum atomic E-state index is 13.0. The maximum Gasteiger partial charge on any atom is 0.335 e. The Kier molecular flexibility index (Phi) is 9.63. The van der Waals surface area contributed by atoms with E-state index in [-0.39, 0.29) is 11.9 Å². The fourth-order valence-corrected chi connectivity index (χ4v) is 4.40. The van der Waals surface area contributed by atoms with Crippen LogP contribution in [-0.2, 0) is 14.3 Å². The minimum Gasteiger partial charge on any atom is -0.450 e. The predicted octanol–water partition coefficient (Wildman–Crippen LogP) is 3.12. The molecule has 0 aromatic carbocycles. The molecule has 1 fully saturated rings. The molecule has 1 N–H and O–H groups in total. The van der Waals surface area contributed by atoms with Crippen LogP contribution in [0.25, 0.3) is 0 Å². The first-order valence-corrected chi connectivity index (χ1v) is 11.6. The summed E-state index contributed by atoms with van der Waals surface area (Å²) in [7, 11) is 0. The number of carbonyl (C=O) groups excluding carboxylic acids is 2. The Labute approximate surface area is 177 Å². The second kappa shape index (κ2) is 11.7. The van der Waals surface area contributed by atoms with Crippen LogP contribution in [0.3, 0.4) is 0 Å². The Morgan fingerprint density at radius 2 is 1.66 bits per heavy atom. The zero-order valence-electron chi connectivity index (χ0n) is 19.0. The van der Waals surface area contributed by atoms with Gasteiger partial charge in [-0.05, 0) is 52.4 Å². The zero-order valence-corrected chi connectivity index (χ0v) is 19.0. The van der Waals surface area contributed by atoms with Crippen LogP contribution in [0, 0.1) is 0 Å². The van der Waals surface area contributed by atoms with Gasteiger partial charge in [0.25, 0.3) is 5.91 Å². The molecule has 0 radical (unpaired) electrons. The Morgan fingerprint density at radius 3 is 2.21 bits per heavy atom. The van der Waals surface area contributed by atoms with Gasteiger partial charge < -0.3 is 19.9 Å². The van der Waals surface area contributed by atoms with Gasteiger partial charge in [-0.3, -0.25) is 4.79 Å². The van der Waals surface area contributed by atoms with Crippen LogP contribution in [-0.4, -0.2) is 73.1 Å². The van der Waals surface area contributed by atoms with Crippen LogP contribution in [0.4, 0.5) is 0 Å². The van der Waals surface area contributed by atoms with Gasteiger partial charge in [0, 0.05) is 38.0 Å². The molecule has 1 spiro atoms. The highest BCUT2D eigenvalue weighted by Gasteiger charge is 2.50.